The van der Waals surface area contributed by atoms with Crippen LogP contribution in [-0.4, -0.2) is 36.0 Å². The third-order valence-corrected chi connectivity index (χ3v) is 9.00. The summed E-state index contributed by atoms with van der Waals surface area (Å²) in [6, 6.07) is 18.9. The summed E-state index contributed by atoms with van der Waals surface area (Å²) in [5, 5.41) is 18.7. The Morgan fingerprint density at radius 2 is 1.57 bits per heavy atom. The van der Waals surface area contributed by atoms with Crippen LogP contribution in [0.1, 0.15) is 0 Å². The third kappa shape index (κ3) is 5.34. The van der Waals surface area contributed by atoms with Crippen LogP contribution < -0.4 is 0 Å². The standard InChI is InChI=1S/C23H15N3O7S4/c27-22-20(37(31,32)33)12-13-11-16(36(28,29)30)9-10-17(13)21(22)26-25-14-5-7-15(8-6-14)34-23-24-18-3-1-2-4-19(18)35-23/h1-12,27H,(H,28,29,30)(H,31,32,33). The minimum Gasteiger partial charge on any atom is -0.504 e. The van der Waals surface area contributed by atoms with E-state index in [1.807, 2.05) is 24.3 Å². The normalized spacial score (nSPS) is 12.6. The average Bonchev–Trinajstić information content (AvgIpc) is 3.25. The number of hydrogen-bond donors (Lipinski definition) is 3. The number of rotatable bonds is 6. The van der Waals surface area contributed by atoms with Crippen LogP contribution >= 0.6 is 23.1 Å². The molecule has 0 radical (unpaired) electrons. The third-order valence-electron chi connectivity index (χ3n) is 5.18. The predicted octanol–water partition coefficient (Wildman–Crippen LogP) is 6.22. The Morgan fingerprint density at radius 1 is 0.838 bits per heavy atom. The number of benzene rings is 4. The number of para-hydroxylation sites is 1. The van der Waals surface area contributed by atoms with Crippen LogP contribution in [0, 0.1) is 0 Å². The maximum atomic E-state index is 11.8. The molecule has 0 aliphatic heterocycles. The molecule has 0 amide bonds. The molecular weight excluding hydrogens is 559 g/mol. The fourth-order valence-electron chi connectivity index (χ4n) is 3.47. The van der Waals surface area contributed by atoms with Gasteiger partial charge in [-0.25, -0.2) is 4.98 Å². The molecule has 0 aliphatic rings. The smallest absolute Gasteiger partial charge is 0.298 e. The Labute approximate surface area is 218 Å². The van der Waals surface area contributed by atoms with Gasteiger partial charge >= 0.3 is 0 Å². The lowest BCUT2D eigenvalue weighted by Gasteiger charge is -2.09. The van der Waals surface area contributed by atoms with E-state index in [2.05, 4.69) is 15.2 Å². The van der Waals surface area contributed by atoms with E-state index in [9.17, 15) is 31.0 Å². The number of hydrogen-bond acceptors (Lipinski definition) is 10. The van der Waals surface area contributed by atoms with Crippen LogP contribution in [0.5, 0.6) is 5.75 Å². The van der Waals surface area contributed by atoms with Crippen molar-refractivity contribution in [2.24, 2.45) is 10.2 Å². The highest BCUT2D eigenvalue weighted by Crippen LogP contribution is 2.42. The van der Waals surface area contributed by atoms with Crippen LogP contribution in [0.15, 0.2) is 102 Å². The Kier molecular flexibility index (Phi) is 6.47. The van der Waals surface area contributed by atoms with Crippen molar-refractivity contribution < 1.29 is 31.0 Å². The molecule has 37 heavy (non-hydrogen) atoms. The Bertz CT molecular complexity index is 1890. The van der Waals surface area contributed by atoms with E-state index < -0.39 is 35.8 Å². The molecule has 0 aliphatic carbocycles. The monoisotopic (exact) mass is 573 g/mol. The van der Waals surface area contributed by atoms with Gasteiger partial charge in [0.15, 0.2) is 10.1 Å². The van der Waals surface area contributed by atoms with Gasteiger partial charge in [-0.3, -0.25) is 9.11 Å². The summed E-state index contributed by atoms with van der Waals surface area (Å²) >= 11 is 3.05. The van der Waals surface area contributed by atoms with Gasteiger partial charge in [0.2, 0.25) is 0 Å². The maximum Gasteiger partial charge on any atom is 0.298 e. The summed E-state index contributed by atoms with van der Waals surface area (Å²) in [5.41, 5.74) is 0.997. The SMILES string of the molecule is O=S(=O)(O)c1ccc2c(N=Nc3ccc(Sc4nc5ccccc5s4)cc3)c(O)c(S(=O)(=O)O)cc2c1. The first-order valence-corrected chi connectivity index (χ1v) is 14.8. The van der Waals surface area contributed by atoms with E-state index in [-0.39, 0.29) is 16.5 Å². The minimum atomic E-state index is -4.90. The molecule has 5 aromatic rings. The molecule has 0 fully saturated rings. The lowest BCUT2D eigenvalue weighted by molar-refractivity contribution is 0.445. The highest BCUT2D eigenvalue weighted by molar-refractivity contribution is 8.01. The number of thiazole rings is 1. The van der Waals surface area contributed by atoms with Crippen LogP contribution in [0.25, 0.3) is 21.0 Å². The molecule has 14 heteroatoms. The van der Waals surface area contributed by atoms with Gasteiger partial charge < -0.3 is 5.11 Å². The highest BCUT2D eigenvalue weighted by Gasteiger charge is 2.23. The fraction of sp³-hybridized carbons (Fsp3) is 0. The maximum absolute atomic E-state index is 11.8. The van der Waals surface area contributed by atoms with Gasteiger partial charge in [-0.2, -0.15) is 21.9 Å². The molecule has 0 bridgehead atoms. The quantitative estimate of drug-likeness (QED) is 0.158. The van der Waals surface area contributed by atoms with Crippen molar-refractivity contribution in [1.29, 1.82) is 0 Å². The molecule has 0 saturated carbocycles. The molecule has 4 aromatic carbocycles. The molecule has 188 valence electrons. The van der Waals surface area contributed by atoms with E-state index in [0.717, 1.165) is 37.7 Å². The number of phenols is 1. The van der Waals surface area contributed by atoms with Crippen molar-refractivity contribution >= 4 is 75.7 Å². The van der Waals surface area contributed by atoms with Gasteiger partial charge in [0.1, 0.15) is 10.6 Å². The molecule has 0 unspecified atom stereocenters. The molecule has 5 rings (SSSR count). The van der Waals surface area contributed by atoms with Crippen LogP contribution in [0.3, 0.4) is 0 Å². The number of aromatic nitrogens is 1. The van der Waals surface area contributed by atoms with Crippen molar-refractivity contribution in [1.82, 2.24) is 4.98 Å². The Morgan fingerprint density at radius 3 is 2.24 bits per heavy atom. The lowest BCUT2D eigenvalue weighted by Crippen LogP contribution is -2.00. The van der Waals surface area contributed by atoms with E-state index in [1.165, 1.54) is 17.8 Å². The van der Waals surface area contributed by atoms with Gasteiger partial charge in [0.05, 0.1) is 20.8 Å². The summed E-state index contributed by atoms with van der Waals surface area (Å²) in [5.74, 6) is -0.860. The zero-order valence-electron chi connectivity index (χ0n) is 18.4. The molecule has 0 atom stereocenters. The predicted molar refractivity (Wildman–Crippen MR) is 140 cm³/mol. The molecule has 0 saturated heterocycles. The second-order valence-corrected chi connectivity index (χ2v) is 12.8. The highest BCUT2D eigenvalue weighted by atomic mass is 32.2. The average molecular weight is 574 g/mol. The van der Waals surface area contributed by atoms with E-state index in [0.29, 0.717) is 5.69 Å². The van der Waals surface area contributed by atoms with E-state index in [1.54, 1.807) is 35.6 Å². The Hall–Kier alpha value is -3.40. The first-order valence-electron chi connectivity index (χ1n) is 10.3. The van der Waals surface area contributed by atoms with Crippen LogP contribution in [-0.2, 0) is 20.2 Å². The summed E-state index contributed by atoms with van der Waals surface area (Å²) in [4.78, 5) is 4.09. The van der Waals surface area contributed by atoms with Gasteiger partial charge in [0.25, 0.3) is 20.2 Å². The van der Waals surface area contributed by atoms with Crippen molar-refractivity contribution in [2.75, 3.05) is 0 Å². The van der Waals surface area contributed by atoms with Crippen LogP contribution in [0.4, 0.5) is 11.4 Å². The van der Waals surface area contributed by atoms with Crippen molar-refractivity contribution in [3.8, 4) is 5.75 Å². The number of azo groups is 1. The second-order valence-electron chi connectivity index (χ2n) is 7.65. The molecule has 1 heterocycles. The summed E-state index contributed by atoms with van der Waals surface area (Å²) in [7, 11) is -9.48. The van der Waals surface area contributed by atoms with Gasteiger partial charge in [-0.05, 0) is 60.0 Å². The first-order chi connectivity index (χ1) is 17.5. The molecular formula is C23H15N3O7S4. The molecule has 1 aromatic heterocycles. The first kappa shape index (κ1) is 25.3. The minimum absolute atomic E-state index is 0.0166. The van der Waals surface area contributed by atoms with Gasteiger partial charge in [0, 0.05) is 10.3 Å². The van der Waals surface area contributed by atoms with Crippen molar-refractivity contribution in [3.63, 3.8) is 0 Å². The largest absolute Gasteiger partial charge is 0.504 e. The van der Waals surface area contributed by atoms with Crippen LogP contribution in [0.2, 0.25) is 0 Å². The summed E-state index contributed by atoms with van der Waals surface area (Å²) < 4.78 is 67.4. The van der Waals surface area contributed by atoms with Crippen molar-refractivity contribution in [3.05, 3.63) is 72.8 Å². The molecule has 0 spiro atoms. The Balaban J connectivity index is 1.49. The number of aromatic hydroxyl groups is 1. The zero-order chi connectivity index (χ0) is 26.4. The topological polar surface area (TPSA) is 167 Å². The lowest BCUT2D eigenvalue weighted by atomic mass is 10.1. The molecule has 3 N–H and O–H groups in total. The van der Waals surface area contributed by atoms with E-state index >= 15 is 0 Å². The summed E-state index contributed by atoms with van der Waals surface area (Å²) in [6.07, 6.45) is 0. The van der Waals surface area contributed by atoms with Gasteiger partial charge in [-0.15, -0.1) is 16.5 Å². The second kappa shape index (κ2) is 9.48. The zero-order valence-corrected chi connectivity index (χ0v) is 21.6. The number of nitrogens with zero attached hydrogens (tertiary/aromatic N) is 3. The number of phenolic OH excluding ortho intramolecular Hbond substituents is 1. The summed E-state index contributed by atoms with van der Waals surface area (Å²) in [6.45, 7) is 0. The molecule has 10 nitrogen and oxygen atoms in total. The fourth-order valence-corrected chi connectivity index (χ4v) is 6.64. The van der Waals surface area contributed by atoms with Gasteiger partial charge in [-0.1, -0.05) is 30.0 Å². The van der Waals surface area contributed by atoms with Crippen molar-refractivity contribution in [2.45, 2.75) is 19.0 Å². The number of fused-ring (bicyclic) bond motifs is 2. The van der Waals surface area contributed by atoms with E-state index in [4.69, 9.17) is 0 Å².